The first-order valence-corrected chi connectivity index (χ1v) is 9.66. The van der Waals surface area contributed by atoms with Crippen molar-refractivity contribution in [2.45, 2.75) is 23.1 Å². The maximum absolute atomic E-state index is 12.5. The van der Waals surface area contributed by atoms with Crippen LogP contribution in [0, 0.1) is 0 Å². The molecule has 0 saturated heterocycles. The first kappa shape index (κ1) is 19.6. The van der Waals surface area contributed by atoms with Gasteiger partial charge in [0, 0.05) is 20.6 Å². The van der Waals surface area contributed by atoms with Crippen molar-refractivity contribution in [1.82, 2.24) is 8.61 Å². The van der Waals surface area contributed by atoms with E-state index in [2.05, 4.69) is 0 Å². The molecule has 8 nitrogen and oxygen atoms in total. The zero-order chi connectivity index (χ0) is 17.8. The van der Waals surface area contributed by atoms with Gasteiger partial charge in [-0.3, -0.25) is 4.79 Å². The van der Waals surface area contributed by atoms with Crippen LogP contribution in [0.15, 0.2) is 34.1 Å². The van der Waals surface area contributed by atoms with Crippen molar-refractivity contribution in [2.24, 2.45) is 0 Å². The number of benzene rings is 1. The molecular formula is C13H20N2O6S2. The predicted octanol–water partition coefficient (Wildman–Crippen LogP) is 0.422. The summed E-state index contributed by atoms with van der Waals surface area (Å²) in [5.41, 5.74) is 0. The standard InChI is InChI=1S/C13H20N2O6S2/c1-4-9-15(10-13(16)17)23(20,21)12-7-5-11(6-8-12)22(18,19)14(2)3/h5-8H,4,9-10H2,1-3H3,(H,16,17). The molecule has 0 radical (unpaired) electrons. The van der Waals surface area contributed by atoms with Gasteiger partial charge in [-0.2, -0.15) is 4.31 Å². The molecule has 0 aliphatic rings. The first-order chi connectivity index (χ1) is 10.5. The number of carbonyl (C=O) groups is 1. The summed E-state index contributed by atoms with van der Waals surface area (Å²) in [6.45, 7) is 1.15. The van der Waals surface area contributed by atoms with Gasteiger partial charge >= 0.3 is 5.97 Å². The molecule has 0 bridgehead atoms. The molecule has 1 rings (SSSR count). The normalized spacial score (nSPS) is 12.7. The Kier molecular flexibility index (Phi) is 6.28. The Morgan fingerprint density at radius 1 is 1.00 bits per heavy atom. The molecule has 0 aliphatic heterocycles. The van der Waals surface area contributed by atoms with Crippen molar-refractivity contribution in [2.75, 3.05) is 27.2 Å². The lowest BCUT2D eigenvalue weighted by Gasteiger charge is -2.20. The average Bonchev–Trinajstić information content (AvgIpc) is 2.46. The van der Waals surface area contributed by atoms with Gasteiger partial charge in [-0.1, -0.05) is 6.92 Å². The van der Waals surface area contributed by atoms with Gasteiger partial charge in [0.25, 0.3) is 0 Å². The van der Waals surface area contributed by atoms with E-state index in [1.807, 2.05) is 0 Å². The number of sulfonamides is 2. The van der Waals surface area contributed by atoms with E-state index in [9.17, 15) is 21.6 Å². The van der Waals surface area contributed by atoms with Gasteiger partial charge in [0.1, 0.15) is 6.54 Å². The van der Waals surface area contributed by atoms with E-state index in [1.165, 1.54) is 26.2 Å². The first-order valence-electron chi connectivity index (χ1n) is 6.78. The van der Waals surface area contributed by atoms with E-state index >= 15 is 0 Å². The number of hydrogen-bond donors (Lipinski definition) is 1. The number of rotatable bonds is 8. The minimum absolute atomic E-state index is 0.0401. The molecule has 0 heterocycles. The van der Waals surface area contributed by atoms with Crippen molar-refractivity contribution >= 4 is 26.0 Å². The summed E-state index contributed by atoms with van der Waals surface area (Å²) in [7, 11) is -4.91. The van der Waals surface area contributed by atoms with Crippen LogP contribution in [-0.2, 0) is 24.8 Å². The summed E-state index contributed by atoms with van der Waals surface area (Å²) in [6, 6.07) is 4.70. The number of carboxylic acid groups (broad SMARTS) is 1. The van der Waals surface area contributed by atoms with Gasteiger partial charge in [0.05, 0.1) is 9.79 Å². The number of carboxylic acids is 1. The lowest BCUT2D eigenvalue weighted by Crippen LogP contribution is -2.36. The van der Waals surface area contributed by atoms with Gasteiger partial charge in [-0.15, -0.1) is 0 Å². The largest absolute Gasteiger partial charge is 0.480 e. The minimum Gasteiger partial charge on any atom is -0.480 e. The molecule has 0 fully saturated rings. The molecule has 23 heavy (non-hydrogen) atoms. The van der Waals surface area contributed by atoms with E-state index < -0.39 is 32.6 Å². The highest BCUT2D eigenvalue weighted by molar-refractivity contribution is 7.89. The van der Waals surface area contributed by atoms with Gasteiger partial charge in [-0.25, -0.2) is 21.1 Å². The molecule has 0 aliphatic carbocycles. The Morgan fingerprint density at radius 3 is 1.78 bits per heavy atom. The zero-order valence-corrected chi connectivity index (χ0v) is 14.8. The molecule has 0 amide bonds. The second-order valence-electron chi connectivity index (χ2n) is 4.99. The molecule has 130 valence electrons. The van der Waals surface area contributed by atoms with Crippen LogP contribution in [0.25, 0.3) is 0 Å². The van der Waals surface area contributed by atoms with Crippen LogP contribution in [0.4, 0.5) is 0 Å². The molecule has 0 atom stereocenters. The molecular weight excluding hydrogens is 344 g/mol. The lowest BCUT2D eigenvalue weighted by atomic mass is 10.4. The van der Waals surface area contributed by atoms with Crippen LogP contribution in [0.2, 0.25) is 0 Å². The predicted molar refractivity (Wildman–Crippen MR) is 84.0 cm³/mol. The van der Waals surface area contributed by atoms with E-state index in [-0.39, 0.29) is 16.3 Å². The second kappa shape index (κ2) is 7.39. The minimum atomic E-state index is -4.00. The van der Waals surface area contributed by atoms with Crippen LogP contribution < -0.4 is 0 Å². The third kappa shape index (κ3) is 4.50. The van der Waals surface area contributed by atoms with Crippen molar-refractivity contribution in [3.63, 3.8) is 0 Å². The van der Waals surface area contributed by atoms with Gasteiger partial charge in [-0.05, 0) is 30.7 Å². The van der Waals surface area contributed by atoms with Crippen LogP contribution in [-0.4, -0.2) is 63.7 Å². The quantitative estimate of drug-likeness (QED) is 0.715. The summed E-state index contributed by atoms with van der Waals surface area (Å²) in [5.74, 6) is -1.26. The molecule has 1 N–H and O–H groups in total. The molecule has 0 saturated carbocycles. The monoisotopic (exact) mass is 364 g/mol. The van der Waals surface area contributed by atoms with Gasteiger partial charge in [0.15, 0.2) is 0 Å². The van der Waals surface area contributed by atoms with Crippen LogP contribution in [0.1, 0.15) is 13.3 Å². The van der Waals surface area contributed by atoms with Gasteiger partial charge in [0.2, 0.25) is 20.0 Å². The molecule has 0 unspecified atom stereocenters. The summed E-state index contributed by atoms with van der Waals surface area (Å²) in [6.07, 6.45) is 0.458. The van der Waals surface area contributed by atoms with Crippen molar-refractivity contribution in [3.8, 4) is 0 Å². The molecule has 0 spiro atoms. The molecule has 1 aromatic carbocycles. The van der Waals surface area contributed by atoms with Crippen LogP contribution >= 0.6 is 0 Å². The Hall–Kier alpha value is -1.49. The second-order valence-corrected chi connectivity index (χ2v) is 9.08. The van der Waals surface area contributed by atoms with Crippen LogP contribution in [0.3, 0.4) is 0 Å². The average molecular weight is 364 g/mol. The zero-order valence-electron chi connectivity index (χ0n) is 13.1. The van der Waals surface area contributed by atoms with Gasteiger partial charge < -0.3 is 5.11 Å². The van der Waals surface area contributed by atoms with E-state index in [0.29, 0.717) is 6.42 Å². The maximum atomic E-state index is 12.5. The SMILES string of the molecule is CCCN(CC(=O)O)S(=O)(=O)c1ccc(S(=O)(=O)N(C)C)cc1. The Labute approximate surface area is 136 Å². The third-order valence-corrected chi connectivity index (χ3v) is 6.71. The van der Waals surface area contributed by atoms with Crippen molar-refractivity contribution < 1.29 is 26.7 Å². The summed E-state index contributed by atoms with van der Waals surface area (Å²) in [4.78, 5) is 10.6. The summed E-state index contributed by atoms with van der Waals surface area (Å²) < 4.78 is 50.7. The lowest BCUT2D eigenvalue weighted by molar-refractivity contribution is -0.137. The van der Waals surface area contributed by atoms with E-state index in [4.69, 9.17) is 5.11 Å². The Bertz CT molecular complexity index is 754. The highest BCUT2D eigenvalue weighted by Crippen LogP contribution is 2.20. The highest BCUT2D eigenvalue weighted by atomic mass is 32.2. The summed E-state index contributed by atoms with van der Waals surface area (Å²) in [5, 5.41) is 8.84. The van der Waals surface area contributed by atoms with Crippen molar-refractivity contribution in [3.05, 3.63) is 24.3 Å². The topological polar surface area (TPSA) is 112 Å². The highest BCUT2D eigenvalue weighted by Gasteiger charge is 2.26. The Morgan fingerprint density at radius 2 is 1.43 bits per heavy atom. The Balaban J connectivity index is 3.22. The fourth-order valence-corrected chi connectivity index (χ4v) is 4.21. The third-order valence-electron chi connectivity index (χ3n) is 3.02. The van der Waals surface area contributed by atoms with E-state index in [1.54, 1.807) is 6.92 Å². The van der Waals surface area contributed by atoms with E-state index in [0.717, 1.165) is 20.7 Å². The smallest absolute Gasteiger partial charge is 0.318 e. The number of hydrogen-bond acceptors (Lipinski definition) is 5. The maximum Gasteiger partial charge on any atom is 0.318 e. The van der Waals surface area contributed by atoms with Crippen molar-refractivity contribution in [1.29, 1.82) is 0 Å². The van der Waals surface area contributed by atoms with Crippen LogP contribution in [0.5, 0.6) is 0 Å². The molecule has 0 aromatic heterocycles. The number of nitrogens with zero attached hydrogens (tertiary/aromatic N) is 2. The molecule has 1 aromatic rings. The fourth-order valence-electron chi connectivity index (χ4n) is 1.83. The molecule has 10 heteroatoms. The number of aliphatic carboxylic acids is 1. The summed E-state index contributed by atoms with van der Waals surface area (Å²) >= 11 is 0. The fraction of sp³-hybridized carbons (Fsp3) is 0.462.